The van der Waals surface area contributed by atoms with Gasteiger partial charge in [0.15, 0.2) is 0 Å². The molecule has 0 radical (unpaired) electrons. The van der Waals surface area contributed by atoms with Gasteiger partial charge in [0.25, 0.3) is 0 Å². The topological polar surface area (TPSA) is 51.6 Å². The number of benzene rings is 1. The third-order valence-corrected chi connectivity index (χ3v) is 7.62. The monoisotopic (exact) mass is 493 g/mol. The summed E-state index contributed by atoms with van der Waals surface area (Å²) in [4.78, 5) is 5.02. The van der Waals surface area contributed by atoms with E-state index in [4.69, 9.17) is 14.5 Å². The summed E-state index contributed by atoms with van der Waals surface area (Å²) < 4.78 is 66.6. The van der Waals surface area contributed by atoms with Gasteiger partial charge in [0.1, 0.15) is 11.9 Å². The standard InChI is InChI=1S/C27H31F4NO3/c1-14(2)23-21-22(20-18(32-23)12-25(3,4)13-19(20)33)26(7-9-34-10-8-26)35-24(21)15-5-6-16(17(28)11-15)27(29,30)31/h5-6,11,14,19,24,33H,7-10,12-13H2,1-4H3/t19-,24+/m0/s1. The Balaban J connectivity index is 1.76. The molecule has 2 atom stereocenters. The fourth-order valence-corrected chi connectivity index (χ4v) is 6.10. The average Bonchev–Trinajstić information content (AvgIpc) is 3.05. The first-order valence-corrected chi connectivity index (χ1v) is 12.2. The van der Waals surface area contributed by atoms with Crippen molar-refractivity contribution < 1.29 is 32.1 Å². The Kier molecular flexibility index (Phi) is 5.81. The second kappa shape index (κ2) is 8.25. The van der Waals surface area contributed by atoms with E-state index >= 15 is 0 Å². The number of fused-ring (bicyclic) bond motifs is 4. The van der Waals surface area contributed by atoms with Crippen LogP contribution in [0, 0.1) is 11.2 Å². The number of rotatable bonds is 2. The number of aromatic nitrogens is 1. The number of hydrogen-bond donors (Lipinski definition) is 1. The highest BCUT2D eigenvalue weighted by Crippen LogP contribution is 2.57. The predicted molar refractivity (Wildman–Crippen MR) is 121 cm³/mol. The van der Waals surface area contributed by atoms with E-state index in [0.717, 1.165) is 40.2 Å². The van der Waals surface area contributed by atoms with Crippen molar-refractivity contribution in [1.82, 2.24) is 4.98 Å². The van der Waals surface area contributed by atoms with Crippen LogP contribution in [0.1, 0.15) is 104 Å². The summed E-state index contributed by atoms with van der Waals surface area (Å²) in [5, 5.41) is 11.3. The van der Waals surface area contributed by atoms with E-state index in [1.54, 1.807) is 0 Å². The number of aliphatic hydroxyl groups excluding tert-OH is 1. The lowest BCUT2D eigenvalue weighted by atomic mass is 9.70. The zero-order chi connectivity index (χ0) is 25.3. The lowest BCUT2D eigenvalue weighted by Gasteiger charge is -2.40. The van der Waals surface area contributed by atoms with Gasteiger partial charge in [0, 0.05) is 48.6 Å². The Morgan fingerprint density at radius 2 is 1.80 bits per heavy atom. The van der Waals surface area contributed by atoms with Crippen molar-refractivity contribution >= 4 is 0 Å². The SMILES string of the molecule is CC(C)c1nc2c(c3c1[C@@H](c1ccc(C(F)(F)F)c(F)c1)OC31CCOCC1)[C@@H](O)CC(C)(C)C2. The summed E-state index contributed by atoms with van der Waals surface area (Å²) in [5.74, 6) is -1.33. The summed E-state index contributed by atoms with van der Waals surface area (Å²) in [6.45, 7) is 9.17. The van der Waals surface area contributed by atoms with Gasteiger partial charge in [-0.25, -0.2) is 4.39 Å². The first-order chi connectivity index (χ1) is 16.3. The molecule has 0 amide bonds. The van der Waals surface area contributed by atoms with E-state index in [-0.39, 0.29) is 11.3 Å². The minimum Gasteiger partial charge on any atom is -0.388 e. The van der Waals surface area contributed by atoms with Crippen molar-refractivity contribution in [1.29, 1.82) is 0 Å². The molecule has 3 heterocycles. The number of ether oxygens (including phenoxy) is 2. The van der Waals surface area contributed by atoms with Gasteiger partial charge in [-0.2, -0.15) is 13.2 Å². The van der Waals surface area contributed by atoms with Crippen molar-refractivity contribution in [3.63, 3.8) is 0 Å². The number of halogens is 4. The highest BCUT2D eigenvalue weighted by atomic mass is 19.4. The van der Waals surface area contributed by atoms with E-state index in [1.807, 2.05) is 13.8 Å². The molecule has 1 spiro atoms. The molecule has 1 saturated heterocycles. The van der Waals surface area contributed by atoms with Crippen molar-refractivity contribution in [2.24, 2.45) is 5.41 Å². The summed E-state index contributed by atoms with van der Waals surface area (Å²) >= 11 is 0. The van der Waals surface area contributed by atoms with Gasteiger partial charge in [-0.3, -0.25) is 4.98 Å². The van der Waals surface area contributed by atoms with Gasteiger partial charge in [0.05, 0.1) is 17.3 Å². The molecule has 5 rings (SSSR count). The maximum Gasteiger partial charge on any atom is 0.419 e. The maximum absolute atomic E-state index is 14.6. The van der Waals surface area contributed by atoms with Crippen LogP contribution in [0.5, 0.6) is 0 Å². The van der Waals surface area contributed by atoms with E-state index in [9.17, 15) is 22.7 Å². The molecule has 2 aromatic rings. The Morgan fingerprint density at radius 3 is 2.40 bits per heavy atom. The number of aliphatic hydroxyl groups is 1. The summed E-state index contributed by atoms with van der Waals surface area (Å²) in [7, 11) is 0. The number of nitrogens with zero attached hydrogens (tertiary/aromatic N) is 1. The third kappa shape index (κ3) is 4.07. The van der Waals surface area contributed by atoms with Crippen molar-refractivity contribution in [2.75, 3.05) is 13.2 Å². The highest BCUT2D eigenvalue weighted by Gasteiger charge is 2.52. The number of pyridine rings is 1. The van der Waals surface area contributed by atoms with Gasteiger partial charge >= 0.3 is 6.18 Å². The average molecular weight is 494 g/mol. The van der Waals surface area contributed by atoms with Crippen LogP contribution in [0.3, 0.4) is 0 Å². The second-order valence-electron chi connectivity index (χ2n) is 11.2. The van der Waals surface area contributed by atoms with E-state index in [2.05, 4.69) is 13.8 Å². The zero-order valence-corrected chi connectivity index (χ0v) is 20.4. The van der Waals surface area contributed by atoms with Crippen molar-refractivity contribution in [3.8, 4) is 0 Å². The largest absolute Gasteiger partial charge is 0.419 e. The molecular weight excluding hydrogens is 462 g/mol. The maximum atomic E-state index is 14.6. The van der Waals surface area contributed by atoms with Crippen LogP contribution < -0.4 is 0 Å². The first kappa shape index (κ1) is 24.7. The lowest BCUT2D eigenvalue weighted by Crippen LogP contribution is -2.37. The molecule has 0 saturated carbocycles. The van der Waals surface area contributed by atoms with Crippen molar-refractivity contribution in [2.45, 2.75) is 83.3 Å². The van der Waals surface area contributed by atoms with Crippen LogP contribution in [-0.2, 0) is 27.7 Å². The van der Waals surface area contributed by atoms with Crippen LogP contribution >= 0.6 is 0 Å². The minimum atomic E-state index is -4.78. The fraction of sp³-hybridized carbons (Fsp3) is 0.593. The molecule has 8 heteroatoms. The Morgan fingerprint density at radius 1 is 1.11 bits per heavy atom. The molecule has 3 aliphatic rings. The predicted octanol–water partition coefficient (Wildman–Crippen LogP) is 6.49. The molecule has 1 aromatic heterocycles. The third-order valence-electron chi connectivity index (χ3n) is 7.62. The van der Waals surface area contributed by atoms with Crippen LogP contribution in [0.4, 0.5) is 17.6 Å². The van der Waals surface area contributed by atoms with Crippen LogP contribution in [0.15, 0.2) is 18.2 Å². The molecular formula is C27H31F4NO3. The zero-order valence-electron chi connectivity index (χ0n) is 20.4. The Bertz CT molecular complexity index is 1150. The fourth-order valence-electron chi connectivity index (χ4n) is 6.10. The molecule has 1 aliphatic carbocycles. The van der Waals surface area contributed by atoms with E-state index in [0.29, 0.717) is 44.5 Å². The summed E-state index contributed by atoms with van der Waals surface area (Å²) in [6, 6.07) is 3.00. The highest BCUT2D eigenvalue weighted by molar-refractivity contribution is 5.54. The Hall–Kier alpha value is -2.03. The normalized spacial score (nSPS) is 25.1. The second-order valence-corrected chi connectivity index (χ2v) is 11.2. The van der Waals surface area contributed by atoms with Crippen LogP contribution in [0.25, 0.3) is 0 Å². The smallest absolute Gasteiger partial charge is 0.388 e. The number of hydrogen-bond acceptors (Lipinski definition) is 4. The van der Waals surface area contributed by atoms with Crippen molar-refractivity contribution in [3.05, 3.63) is 63.2 Å². The molecule has 1 fully saturated rings. The Labute approximate surface area is 202 Å². The first-order valence-electron chi connectivity index (χ1n) is 12.2. The molecule has 4 nitrogen and oxygen atoms in total. The summed E-state index contributed by atoms with van der Waals surface area (Å²) in [5.41, 5.74) is 2.19. The minimum absolute atomic E-state index is 0.00313. The van der Waals surface area contributed by atoms with E-state index in [1.165, 1.54) is 6.07 Å². The quantitative estimate of drug-likeness (QED) is 0.486. The van der Waals surface area contributed by atoms with Gasteiger partial charge in [-0.15, -0.1) is 0 Å². The van der Waals surface area contributed by atoms with Gasteiger partial charge < -0.3 is 14.6 Å². The number of alkyl halides is 3. The lowest BCUT2D eigenvalue weighted by molar-refractivity contribution is -0.140. The van der Waals surface area contributed by atoms with Gasteiger partial charge in [-0.05, 0) is 47.4 Å². The van der Waals surface area contributed by atoms with Crippen LogP contribution in [0.2, 0.25) is 0 Å². The van der Waals surface area contributed by atoms with Gasteiger partial charge in [-0.1, -0.05) is 33.8 Å². The van der Waals surface area contributed by atoms with Gasteiger partial charge in [0.2, 0.25) is 0 Å². The van der Waals surface area contributed by atoms with E-state index < -0.39 is 35.4 Å². The molecule has 35 heavy (non-hydrogen) atoms. The molecule has 190 valence electrons. The summed E-state index contributed by atoms with van der Waals surface area (Å²) in [6.07, 6.45) is -3.92. The molecule has 2 aliphatic heterocycles. The molecule has 0 bridgehead atoms. The molecule has 1 N–H and O–H groups in total. The molecule has 0 unspecified atom stereocenters. The van der Waals surface area contributed by atoms with Crippen LogP contribution in [-0.4, -0.2) is 23.3 Å². The molecule has 1 aromatic carbocycles.